The second-order valence-electron chi connectivity index (χ2n) is 12.3. The Morgan fingerprint density at radius 3 is 1.33 bits per heavy atom. The van der Waals surface area contributed by atoms with Gasteiger partial charge in [0, 0.05) is 24.2 Å². The van der Waals surface area contributed by atoms with E-state index in [1.807, 2.05) is 60.7 Å². The number of carbonyl (C=O) groups is 4. The van der Waals surface area contributed by atoms with E-state index >= 15 is 0 Å². The van der Waals surface area contributed by atoms with E-state index < -0.39 is 24.0 Å². The number of hydrogen-bond acceptors (Lipinski definition) is 6. The number of carbonyl (C=O) groups excluding carboxylic acids is 4. The fourth-order valence-electron chi connectivity index (χ4n) is 6.02. The van der Waals surface area contributed by atoms with Crippen molar-refractivity contribution in [2.45, 2.75) is 101 Å². The summed E-state index contributed by atoms with van der Waals surface area (Å²) in [6.45, 7) is -0.130. The molecule has 2 atom stereocenters. The summed E-state index contributed by atoms with van der Waals surface area (Å²) in [7, 11) is 0. The number of urea groups is 2. The first-order valence-corrected chi connectivity index (χ1v) is 16.7. The van der Waals surface area contributed by atoms with E-state index in [1.54, 1.807) is 0 Å². The minimum atomic E-state index is -0.727. The van der Waals surface area contributed by atoms with Gasteiger partial charge in [0.25, 0.3) is 0 Å². The highest BCUT2D eigenvalue weighted by molar-refractivity contribution is 5.91. The second-order valence-corrected chi connectivity index (χ2v) is 12.3. The van der Waals surface area contributed by atoms with Gasteiger partial charge in [-0.05, 0) is 49.7 Å². The third-order valence-corrected chi connectivity index (χ3v) is 8.41. The Bertz CT molecular complexity index is 1160. The third kappa shape index (κ3) is 13.3. The molecule has 0 radical (unpaired) electrons. The topological polar surface area (TPSA) is 135 Å². The highest BCUT2D eigenvalue weighted by Crippen LogP contribution is 2.18. The molecule has 0 aromatic heterocycles. The molecule has 4 rings (SSSR count). The zero-order valence-corrected chi connectivity index (χ0v) is 26.6. The normalized spacial score (nSPS) is 17.0. The average molecular weight is 633 g/mol. The van der Waals surface area contributed by atoms with Gasteiger partial charge in [-0.3, -0.25) is 0 Å². The molecule has 4 amide bonds. The molecule has 248 valence electrons. The minimum Gasteiger partial charge on any atom is -0.460 e. The largest absolute Gasteiger partial charge is 0.460 e. The molecule has 10 heteroatoms. The van der Waals surface area contributed by atoms with Gasteiger partial charge in [-0.2, -0.15) is 0 Å². The molecular weight excluding hydrogens is 584 g/mol. The Labute approximate surface area is 272 Å². The van der Waals surface area contributed by atoms with Crippen molar-refractivity contribution in [1.82, 2.24) is 21.3 Å². The van der Waals surface area contributed by atoms with Crippen LogP contribution in [0.25, 0.3) is 0 Å². The summed E-state index contributed by atoms with van der Waals surface area (Å²) in [4.78, 5) is 50.4. The smallest absolute Gasteiger partial charge is 0.331 e. The Morgan fingerprint density at radius 2 is 0.957 bits per heavy atom. The average Bonchev–Trinajstić information content (AvgIpc) is 3.07. The van der Waals surface area contributed by atoms with Crippen LogP contribution in [0.1, 0.15) is 75.3 Å². The van der Waals surface area contributed by atoms with Crippen molar-refractivity contribution in [1.29, 1.82) is 0 Å². The second kappa shape index (κ2) is 19.2. The van der Waals surface area contributed by atoms with Gasteiger partial charge in [-0.25, -0.2) is 19.2 Å². The SMILES string of the molecule is O=C(NC1CCCCC1)N[C@@H](COC(=O)/C=C/C(=O)OC[C@@H](Cc1ccccc1)NC(=O)NC1CCCCC1)Cc1ccccc1. The van der Waals surface area contributed by atoms with E-state index in [0.717, 1.165) is 74.6 Å². The van der Waals surface area contributed by atoms with Gasteiger partial charge in [-0.15, -0.1) is 0 Å². The fourth-order valence-corrected chi connectivity index (χ4v) is 6.02. The van der Waals surface area contributed by atoms with Crippen molar-refractivity contribution in [3.05, 3.63) is 83.9 Å². The van der Waals surface area contributed by atoms with Crippen molar-refractivity contribution < 1.29 is 28.7 Å². The van der Waals surface area contributed by atoms with Gasteiger partial charge in [0.2, 0.25) is 0 Å². The lowest BCUT2D eigenvalue weighted by Gasteiger charge is -2.25. The monoisotopic (exact) mass is 632 g/mol. The van der Waals surface area contributed by atoms with Crippen molar-refractivity contribution in [2.75, 3.05) is 13.2 Å². The molecule has 2 aliphatic carbocycles. The van der Waals surface area contributed by atoms with Crippen LogP contribution >= 0.6 is 0 Å². The van der Waals surface area contributed by atoms with Crippen LogP contribution in [-0.4, -0.2) is 61.4 Å². The van der Waals surface area contributed by atoms with Crippen LogP contribution in [0, 0.1) is 0 Å². The van der Waals surface area contributed by atoms with E-state index in [-0.39, 0.29) is 37.4 Å². The number of benzene rings is 2. The van der Waals surface area contributed by atoms with Crippen LogP contribution in [0.4, 0.5) is 9.59 Å². The van der Waals surface area contributed by atoms with E-state index in [0.29, 0.717) is 12.8 Å². The molecule has 4 N–H and O–H groups in total. The van der Waals surface area contributed by atoms with Crippen molar-refractivity contribution in [3.63, 3.8) is 0 Å². The van der Waals surface area contributed by atoms with Gasteiger partial charge >= 0.3 is 24.0 Å². The molecule has 0 unspecified atom stereocenters. The summed E-state index contributed by atoms with van der Waals surface area (Å²) in [5, 5.41) is 12.0. The lowest BCUT2D eigenvalue weighted by Crippen LogP contribution is -2.49. The van der Waals surface area contributed by atoms with Crippen LogP contribution in [0.15, 0.2) is 72.8 Å². The van der Waals surface area contributed by atoms with E-state index in [2.05, 4.69) is 21.3 Å². The molecule has 0 spiro atoms. The maximum absolute atomic E-state index is 12.7. The molecule has 46 heavy (non-hydrogen) atoms. The molecule has 0 bridgehead atoms. The zero-order valence-electron chi connectivity index (χ0n) is 26.6. The molecule has 0 aliphatic heterocycles. The Kier molecular flexibility index (Phi) is 14.4. The van der Waals surface area contributed by atoms with Crippen LogP contribution in [-0.2, 0) is 31.9 Å². The van der Waals surface area contributed by atoms with Gasteiger partial charge in [0.1, 0.15) is 13.2 Å². The molecule has 2 aromatic carbocycles. The van der Waals surface area contributed by atoms with Gasteiger partial charge in [-0.1, -0.05) is 99.2 Å². The predicted molar refractivity (Wildman–Crippen MR) is 176 cm³/mol. The van der Waals surface area contributed by atoms with Crippen molar-refractivity contribution in [2.24, 2.45) is 0 Å². The van der Waals surface area contributed by atoms with Crippen molar-refractivity contribution in [3.8, 4) is 0 Å². The Morgan fingerprint density at radius 1 is 0.587 bits per heavy atom. The first-order valence-electron chi connectivity index (χ1n) is 16.7. The number of esters is 2. The molecule has 2 fully saturated rings. The Hall–Kier alpha value is -4.34. The van der Waals surface area contributed by atoms with Crippen LogP contribution in [0.5, 0.6) is 0 Å². The first-order chi connectivity index (χ1) is 22.4. The number of nitrogens with one attached hydrogen (secondary N) is 4. The van der Waals surface area contributed by atoms with Gasteiger partial charge < -0.3 is 30.7 Å². The summed E-state index contributed by atoms with van der Waals surface area (Å²) in [6.07, 6.45) is 13.6. The first kappa shape index (κ1) is 34.5. The third-order valence-electron chi connectivity index (χ3n) is 8.41. The molecular formula is C36H48N4O6. The molecule has 0 saturated heterocycles. The summed E-state index contributed by atoms with van der Waals surface area (Å²) < 4.78 is 10.8. The van der Waals surface area contributed by atoms with E-state index in [1.165, 1.54) is 12.8 Å². The quantitative estimate of drug-likeness (QED) is 0.169. The van der Waals surface area contributed by atoms with Crippen LogP contribution in [0.3, 0.4) is 0 Å². The fraction of sp³-hybridized carbons (Fsp3) is 0.500. The number of ether oxygens (including phenoxy) is 2. The van der Waals surface area contributed by atoms with E-state index in [4.69, 9.17) is 9.47 Å². The zero-order chi connectivity index (χ0) is 32.4. The van der Waals surface area contributed by atoms with Gasteiger partial charge in [0.15, 0.2) is 0 Å². The van der Waals surface area contributed by atoms with Crippen LogP contribution < -0.4 is 21.3 Å². The number of rotatable bonds is 14. The van der Waals surface area contributed by atoms with Crippen molar-refractivity contribution >= 4 is 24.0 Å². The number of amides is 4. The summed E-state index contributed by atoms with van der Waals surface area (Å²) in [5.41, 5.74) is 1.98. The lowest BCUT2D eigenvalue weighted by molar-refractivity contribution is -0.141. The molecule has 0 heterocycles. The highest BCUT2D eigenvalue weighted by atomic mass is 16.5. The lowest BCUT2D eigenvalue weighted by atomic mass is 9.96. The Balaban J connectivity index is 1.25. The molecule has 10 nitrogen and oxygen atoms in total. The molecule has 2 saturated carbocycles. The van der Waals surface area contributed by atoms with Gasteiger partial charge in [0.05, 0.1) is 12.1 Å². The maximum atomic E-state index is 12.7. The molecule has 2 aliphatic rings. The number of hydrogen-bond donors (Lipinski definition) is 4. The summed E-state index contributed by atoms with van der Waals surface area (Å²) in [5.74, 6) is -1.45. The summed E-state index contributed by atoms with van der Waals surface area (Å²) >= 11 is 0. The predicted octanol–water partition coefficient (Wildman–Crippen LogP) is 5.12. The van der Waals surface area contributed by atoms with Crippen LogP contribution in [0.2, 0.25) is 0 Å². The standard InChI is InChI=1S/C36H48N4O6/c41-33(45-25-31(23-27-13-5-1-6-14-27)39-35(43)37-29-17-9-3-10-18-29)21-22-34(42)46-26-32(24-28-15-7-2-8-16-28)40-36(44)38-30-19-11-4-12-20-30/h1-2,5-8,13-16,21-22,29-32H,3-4,9-12,17-20,23-26H2,(H2,37,39,43)(H2,38,40,44)/b22-21+/t31-,32-/m1/s1. The minimum absolute atomic E-state index is 0.0651. The highest BCUT2D eigenvalue weighted by Gasteiger charge is 2.21. The summed E-state index contributed by atoms with van der Waals surface area (Å²) in [6, 6.07) is 18.1. The van der Waals surface area contributed by atoms with E-state index in [9.17, 15) is 19.2 Å². The molecule has 2 aromatic rings. The maximum Gasteiger partial charge on any atom is 0.331 e.